The topological polar surface area (TPSA) is 56.6 Å². The highest BCUT2D eigenvalue weighted by molar-refractivity contribution is 6.11. The molecule has 0 bridgehead atoms. The highest BCUT2D eigenvalue weighted by Crippen LogP contribution is 2.31. The number of nitrogens with zero attached hydrogens (tertiary/aromatic N) is 3. The predicted molar refractivity (Wildman–Crippen MR) is 97.4 cm³/mol. The van der Waals surface area contributed by atoms with E-state index in [1.807, 2.05) is 26.8 Å². The van der Waals surface area contributed by atoms with Gasteiger partial charge in [-0.05, 0) is 51.0 Å². The molecule has 1 aliphatic carbocycles. The number of rotatable bonds is 7. The van der Waals surface area contributed by atoms with Gasteiger partial charge in [0, 0.05) is 0 Å². The average Bonchev–Trinajstić information content (AvgIpc) is 2.80. The van der Waals surface area contributed by atoms with Crippen LogP contribution in [0.2, 0.25) is 0 Å². The van der Waals surface area contributed by atoms with Crippen molar-refractivity contribution in [1.82, 2.24) is 9.97 Å². The van der Waals surface area contributed by atoms with E-state index in [4.69, 9.17) is 9.47 Å². The Kier molecular flexibility index (Phi) is 6.62. The lowest BCUT2D eigenvalue weighted by molar-refractivity contribution is 0.289. The molecule has 0 spiro atoms. The van der Waals surface area contributed by atoms with E-state index in [-0.39, 0.29) is 11.8 Å². The number of allylic oxidation sites excluding steroid dienone is 7. The Bertz CT molecular complexity index is 764. The average molecular weight is 343 g/mol. The van der Waals surface area contributed by atoms with Gasteiger partial charge in [0.1, 0.15) is 11.5 Å². The van der Waals surface area contributed by atoms with E-state index in [0.717, 1.165) is 5.57 Å². The normalized spacial score (nSPS) is 14.5. The number of aromatic nitrogens is 2. The van der Waals surface area contributed by atoms with Crippen LogP contribution < -0.4 is 9.47 Å². The molecule has 0 atom stereocenters. The maximum Gasteiger partial charge on any atom is 0.320 e. The van der Waals surface area contributed by atoms with Crippen LogP contribution in [0.4, 0.5) is 10.1 Å². The molecule has 0 saturated carbocycles. The van der Waals surface area contributed by atoms with E-state index in [9.17, 15) is 4.39 Å². The summed E-state index contributed by atoms with van der Waals surface area (Å²) in [7, 11) is 0. The van der Waals surface area contributed by atoms with Crippen LogP contribution in [-0.2, 0) is 0 Å². The van der Waals surface area contributed by atoms with Crippen LogP contribution in [-0.4, -0.2) is 28.9 Å². The highest BCUT2D eigenvalue weighted by atomic mass is 19.1. The van der Waals surface area contributed by atoms with Crippen molar-refractivity contribution in [3.05, 3.63) is 54.1 Å². The van der Waals surface area contributed by atoms with Crippen LogP contribution in [0.25, 0.3) is 0 Å². The van der Waals surface area contributed by atoms with E-state index >= 15 is 0 Å². The predicted octanol–water partition coefficient (Wildman–Crippen LogP) is 4.58. The first-order chi connectivity index (χ1) is 12.1. The Morgan fingerprint density at radius 3 is 2.68 bits per heavy atom. The van der Waals surface area contributed by atoms with Gasteiger partial charge in [-0.2, -0.15) is 9.97 Å². The zero-order chi connectivity index (χ0) is 18.2. The van der Waals surface area contributed by atoms with Crippen molar-refractivity contribution < 1.29 is 13.9 Å². The molecule has 0 aromatic carbocycles. The summed E-state index contributed by atoms with van der Waals surface area (Å²) in [6.45, 7) is 10.2. The molecule has 1 aromatic heterocycles. The first-order valence-corrected chi connectivity index (χ1v) is 8.18. The van der Waals surface area contributed by atoms with Crippen molar-refractivity contribution in [3.63, 3.8) is 0 Å². The lowest BCUT2D eigenvalue weighted by atomic mass is 10.1. The quantitative estimate of drug-likeness (QED) is 0.680. The van der Waals surface area contributed by atoms with Gasteiger partial charge in [-0.3, -0.25) is 0 Å². The first-order valence-electron chi connectivity index (χ1n) is 8.18. The highest BCUT2D eigenvalue weighted by Gasteiger charge is 2.15. The number of halogens is 1. The van der Waals surface area contributed by atoms with E-state index in [0.29, 0.717) is 42.6 Å². The molecule has 5 nitrogen and oxygen atoms in total. The molecule has 0 N–H and O–H groups in total. The monoisotopic (exact) mass is 343 g/mol. The smallest absolute Gasteiger partial charge is 0.320 e. The number of hydrogen-bond donors (Lipinski definition) is 0. The van der Waals surface area contributed by atoms with Crippen molar-refractivity contribution in [2.75, 3.05) is 13.2 Å². The molecule has 2 rings (SSSR count). The minimum atomic E-state index is -0.273. The van der Waals surface area contributed by atoms with Crippen molar-refractivity contribution >= 4 is 11.4 Å². The third-order valence-corrected chi connectivity index (χ3v) is 3.35. The van der Waals surface area contributed by atoms with Crippen LogP contribution in [0.3, 0.4) is 0 Å². The number of aryl methyl sites for hydroxylation is 1. The van der Waals surface area contributed by atoms with Crippen molar-refractivity contribution in [1.29, 1.82) is 0 Å². The van der Waals surface area contributed by atoms with E-state index in [1.165, 1.54) is 12.2 Å². The fraction of sp³-hybridized carbons (Fsp3) is 0.316. The van der Waals surface area contributed by atoms with E-state index in [2.05, 4.69) is 21.5 Å². The van der Waals surface area contributed by atoms with Gasteiger partial charge in [0.15, 0.2) is 0 Å². The maximum absolute atomic E-state index is 13.4. The summed E-state index contributed by atoms with van der Waals surface area (Å²) in [5.41, 5.74) is 2.50. The lowest BCUT2D eigenvalue weighted by Crippen LogP contribution is -2.04. The minimum Gasteiger partial charge on any atom is -0.476 e. The van der Waals surface area contributed by atoms with Crippen LogP contribution in [0.15, 0.2) is 53.4 Å². The molecule has 6 heteroatoms. The Morgan fingerprint density at radius 1 is 1.24 bits per heavy atom. The molecule has 0 radical (unpaired) electrons. The number of hydrogen-bond acceptors (Lipinski definition) is 5. The van der Waals surface area contributed by atoms with Gasteiger partial charge >= 0.3 is 6.01 Å². The molecule has 0 fully saturated rings. The molecule has 0 unspecified atom stereocenters. The molecular weight excluding hydrogens is 321 g/mol. The third-order valence-electron chi connectivity index (χ3n) is 3.35. The SMILES string of the molecule is C=CC(=Nc1c(C)nc(OCC)nc1OCC)C1=CCC=C(F)C=C1. The van der Waals surface area contributed by atoms with Crippen molar-refractivity contribution in [2.24, 2.45) is 4.99 Å². The molecule has 1 heterocycles. The largest absolute Gasteiger partial charge is 0.476 e. The van der Waals surface area contributed by atoms with Gasteiger partial charge in [0.25, 0.3) is 0 Å². The second kappa shape index (κ2) is 8.92. The fourth-order valence-corrected chi connectivity index (χ4v) is 2.22. The summed E-state index contributed by atoms with van der Waals surface area (Å²) in [6, 6.07) is 0.252. The van der Waals surface area contributed by atoms with E-state index in [1.54, 1.807) is 12.2 Å². The molecule has 0 aliphatic heterocycles. The van der Waals surface area contributed by atoms with Crippen LogP contribution in [0, 0.1) is 6.92 Å². The second-order valence-electron chi connectivity index (χ2n) is 5.13. The minimum absolute atomic E-state index is 0.252. The summed E-state index contributed by atoms with van der Waals surface area (Å²) < 4.78 is 24.3. The standard InChI is InChI=1S/C19H22FN3O2/c1-5-16(14-9-8-10-15(20)12-11-14)22-17-13(4)21-19(25-7-3)23-18(17)24-6-2/h5,9-12H,1,6-8H2,2-4H3. The summed E-state index contributed by atoms with van der Waals surface area (Å²) in [5.74, 6) is 0.0746. The fourth-order valence-electron chi connectivity index (χ4n) is 2.22. The van der Waals surface area contributed by atoms with Crippen LogP contribution >= 0.6 is 0 Å². The van der Waals surface area contributed by atoms with Gasteiger partial charge in [-0.25, -0.2) is 9.38 Å². The molecule has 1 aromatic rings. The zero-order valence-corrected chi connectivity index (χ0v) is 14.8. The third kappa shape index (κ3) is 4.86. The van der Waals surface area contributed by atoms with Gasteiger partial charge < -0.3 is 9.47 Å². The Labute approximate surface area is 147 Å². The summed E-state index contributed by atoms with van der Waals surface area (Å²) in [4.78, 5) is 13.2. The van der Waals surface area contributed by atoms with Crippen molar-refractivity contribution in [2.45, 2.75) is 27.2 Å². The number of ether oxygens (including phenoxy) is 2. The Balaban J connectivity index is 2.48. The van der Waals surface area contributed by atoms with Gasteiger partial charge in [0.05, 0.1) is 24.6 Å². The molecule has 132 valence electrons. The summed E-state index contributed by atoms with van der Waals surface area (Å²) in [5, 5.41) is 0. The zero-order valence-electron chi connectivity index (χ0n) is 14.8. The van der Waals surface area contributed by atoms with Crippen molar-refractivity contribution in [3.8, 4) is 11.9 Å². The lowest BCUT2D eigenvalue weighted by Gasteiger charge is -2.11. The molecule has 0 amide bonds. The number of aliphatic imine (C=N–C) groups is 1. The van der Waals surface area contributed by atoms with Gasteiger partial charge in [-0.15, -0.1) is 0 Å². The molecular formula is C19H22FN3O2. The second-order valence-corrected chi connectivity index (χ2v) is 5.13. The first kappa shape index (κ1) is 18.6. The summed E-state index contributed by atoms with van der Waals surface area (Å²) in [6.07, 6.45) is 8.56. The van der Waals surface area contributed by atoms with Gasteiger partial charge in [0.2, 0.25) is 5.88 Å². The van der Waals surface area contributed by atoms with Crippen LogP contribution in [0.5, 0.6) is 11.9 Å². The Hall–Kier alpha value is -2.76. The Morgan fingerprint density at radius 2 is 2.00 bits per heavy atom. The van der Waals surface area contributed by atoms with E-state index < -0.39 is 0 Å². The molecule has 0 saturated heterocycles. The van der Waals surface area contributed by atoms with Gasteiger partial charge in [-0.1, -0.05) is 18.7 Å². The maximum atomic E-state index is 13.4. The van der Waals surface area contributed by atoms with Crippen LogP contribution in [0.1, 0.15) is 26.0 Å². The molecule has 25 heavy (non-hydrogen) atoms. The molecule has 1 aliphatic rings. The summed E-state index contributed by atoms with van der Waals surface area (Å²) >= 11 is 0.